The topological polar surface area (TPSA) is 24.7 Å². The quantitative estimate of drug-likeness (QED) is 0.0660. The molecule has 16 heteroatoms. The average Bonchev–Trinajstić information content (AvgIpc) is 4.27. The molecule has 0 atom stereocenters. The summed E-state index contributed by atoms with van der Waals surface area (Å²) in [4.78, 5) is 9.62. The molecular weight excluding hydrogens is 1600 g/mol. The molecule has 2 nitrogen and oxygen atoms in total. The van der Waals surface area contributed by atoms with Gasteiger partial charge in [0.05, 0.1) is 22.1 Å². The molecule has 0 aliphatic carbocycles. The molecular formula is C60H52Cl8Fe2N2P2Pt2. The van der Waals surface area contributed by atoms with E-state index in [2.05, 4.69) is 194 Å². The maximum Gasteiger partial charge on any atom is 2.00 e. The average molecular weight is 1650 g/mol. The zero-order valence-electron chi connectivity index (χ0n) is 40.3. The predicted octanol–water partition coefficient (Wildman–Crippen LogP) is 3.49. The summed E-state index contributed by atoms with van der Waals surface area (Å²) in [7, 11) is -1.30. The van der Waals surface area contributed by atoms with Crippen LogP contribution >= 0.6 is 62.2 Å². The number of hydrogen-bond donors (Lipinski definition) is 0. The van der Waals surface area contributed by atoms with Gasteiger partial charge in [-0.15, -0.1) is 69.7 Å². The van der Waals surface area contributed by atoms with E-state index in [1.807, 2.05) is 97.4 Å². The van der Waals surface area contributed by atoms with Crippen molar-refractivity contribution in [2.24, 2.45) is 9.98 Å². The summed E-state index contributed by atoms with van der Waals surface area (Å²) >= 11 is 19.1. The van der Waals surface area contributed by atoms with Crippen molar-refractivity contribution in [3.8, 4) is 0 Å². The van der Waals surface area contributed by atoms with Gasteiger partial charge in [-0.1, -0.05) is 158 Å². The second-order valence-electron chi connectivity index (χ2n) is 14.1. The molecule has 10 aromatic rings. The van der Waals surface area contributed by atoms with Gasteiger partial charge in [-0.05, 0) is 61.6 Å². The minimum absolute atomic E-state index is 0. The zero-order valence-corrected chi connectivity index (χ0v) is 54.9. The van der Waals surface area contributed by atoms with Gasteiger partial charge in [-0.25, -0.2) is 24.3 Å². The Balaban J connectivity index is -0.000000488. The molecule has 0 unspecified atom stereocenters. The smallest absolute Gasteiger partial charge is 1.00 e. The SMILES string of the molecule is C(=Nc1ccccc1P(c1ccccc1)c1ccccc1)c1ccc[cH-]1.C(=Nc1ccccc1P(c1ccccc1)c1ccccc1)c1ccc[cH-]1.ClCCl.ClCCl.[Cl-].[Cl-].[Cl-].[Cl-].[Fe+2].[Fe+2].[Pt+2].[Pt+2].c1cc[cH-]c1.c1cc[cH-]c1. The van der Waals surface area contributed by atoms with Crippen molar-refractivity contribution >= 4 is 118 Å². The number of para-hydroxylation sites is 2. The van der Waals surface area contributed by atoms with Crippen molar-refractivity contribution in [3.63, 3.8) is 0 Å². The second-order valence-corrected chi connectivity index (χ2v) is 20.1. The molecule has 0 heterocycles. The maximum atomic E-state index is 4.81. The largest absolute Gasteiger partial charge is 2.00 e. The second kappa shape index (κ2) is 50.8. The Morgan fingerprint density at radius 3 is 0.803 bits per heavy atom. The molecule has 0 aliphatic heterocycles. The van der Waals surface area contributed by atoms with Crippen molar-refractivity contribution < 1.29 is 126 Å². The van der Waals surface area contributed by atoms with Gasteiger partial charge >= 0.3 is 76.3 Å². The number of aliphatic imine (C=N–C) groups is 2. The molecule has 0 aromatic heterocycles. The van der Waals surface area contributed by atoms with E-state index in [4.69, 9.17) is 56.4 Å². The Labute approximate surface area is 548 Å². The first-order valence-corrected chi connectivity index (χ1v) is 26.6. The normalized spacial score (nSPS) is 9.24. The summed E-state index contributed by atoms with van der Waals surface area (Å²) in [5.74, 6) is 0. The Hall–Kier alpha value is -2.34. The third-order valence-electron chi connectivity index (χ3n) is 9.50. The minimum atomic E-state index is -0.650. The maximum absolute atomic E-state index is 4.81. The molecule has 0 bridgehead atoms. The van der Waals surface area contributed by atoms with Crippen LogP contribution in [0.4, 0.5) is 11.4 Å². The minimum Gasteiger partial charge on any atom is -1.00 e. The van der Waals surface area contributed by atoms with E-state index in [0.29, 0.717) is 0 Å². The number of alkyl halides is 4. The molecule has 10 rings (SSSR count). The molecule has 404 valence electrons. The Morgan fingerprint density at radius 2 is 0.579 bits per heavy atom. The molecule has 0 N–H and O–H groups in total. The zero-order chi connectivity index (χ0) is 47.7. The number of nitrogens with zero attached hydrogens (tertiary/aromatic N) is 2. The van der Waals surface area contributed by atoms with Crippen LogP contribution in [-0.4, -0.2) is 23.1 Å². The number of benzene rings is 6. The van der Waals surface area contributed by atoms with Gasteiger partial charge in [0, 0.05) is 10.6 Å². The third-order valence-corrected chi connectivity index (χ3v) is 14.5. The summed E-state index contributed by atoms with van der Waals surface area (Å²) in [6.07, 6.45) is 3.89. The van der Waals surface area contributed by atoms with Crippen LogP contribution in [0.2, 0.25) is 0 Å². The molecule has 76 heavy (non-hydrogen) atoms. The van der Waals surface area contributed by atoms with Crippen molar-refractivity contribution in [1.82, 2.24) is 0 Å². The number of hydrogen-bond acceptors (Lipinski definition) is 2. The Bertz CT molecular complexity index is 2490. The van der Waals surface area contributed by atoms with Gasteiger partial charge < -0.3 is 59.6 Å². The van der Waals surface area contributed by atoms with Crippen LogP contribution in [0.25, 0.3) is 0 Å². The van der Waals surface area contributed by atoms with Crippen LogP contribution in [-0.2, 0) is 76.3 Å². The Kier molecular flexibility index (Phi) is 53.6. The van der Waals surface area contributed by atoms with Crippen LogP contribution in [0.1, 0.15) is 11.1 Å². The molecule has 0 spiro atoms. The van der Waals surface area contributed by atoms with E-state index in [1.165, 1.54) is 31.8 Å². The fourth-order valence-electron chi connectivity index (χ4n) is 6.57. The number of halogens is 8. The van der Waals surface area contributed by atoms with Crippen LogP contribution in [0.3, 0.4) is 0 Å². The van der Waals surface area contributed by atoms with E-state index >= 15 is 0 Å². The summed E-state index contributed by atoms with van der Waals surface area (Å²) in [5.41, 5.74) is 4.33. The molecule has 0 saturated carbocycles. The van der Waals surface area contributed by atoms with Gasteiger partial charge in [0.15, 0.2) is 0 Å². The molecule has 0 fully saturated rings. The fourth-order valence-corrected chi connectivity index (χ4v) is 11.4. The van der Waals surface area contributed by atoms with Gasteiger partial charge in [-0.3, -0.25) is 0 Å². The fraction of sp³-hybridized carbons (Fsp3) is 0.0333. The van der Waals surface area contributed by atoms with Gasteiger partial charge in [-0.2, -0.15) is 72.8 Å². The van der Waals surface area contributed by atoms with Crippen molar-refractivity contribution in [2.45, 2.75) is 0 Å². The van der Waals surface area contributed by atoms with Crippen molar-refractivity contribution in [2.75, 3.05) is 10.7 Å². The van der Waals surface area contributed by atoms with Gasteiger partial charge in [0.25, 0.3) is 0 Å². The Morgan fingerprint density at radius 1 is 0.329 bits per heavy atom. The van der Waals surface area contributed by atoms with E-state index < -0.39 is 15.8 Å². The first-order valence-electron chi connectivity index (χ1n) is 21.7. The summed E-state index contributed by atoms with van der Waals surface area (Å²) in [6, 6.07) is 96.4. The predicted molar refractivity (Wildman–Crippen MR) is 306 cm³/mol. The van der Waals surface area contributed by atoms with Crippen LogP contribution < -0.4 is 81.5 Å². The molecule has 0 amide bonds. The third kappa shape index (κ3) is 29.7. The van der Waals surface area contributed by atoms with E-state index in [1.54, 1.807) is 0 Å². The summed E-state index contributed by atoms with van der Waals surface area (Å²) in [6.45, 7) is 0. The van der Waals surface area contributed by atoms with Crippen molar-refractivity contribution in [1.29, 1.82) is 0 Å². The standard InChI is InChI=1S/2C24H19NP.2C5H5.2CH2Cl2.4ClH.2Fe.2Pt/c2*1-3-13-21(14-4-1)26(22-15-5-2-6-16-22)24-18-10-9-17-23(24)25-19-20-11-7-8-12-20;2*1-2-4-5-3-1;2*2-1-3;;;;;;;;/h2*1-19H;2*1-5H;2*1H2;4*1H;;;;/q4*-1;;;;;;;4*+2/p-4. The summed E-state index contributed by atoms with van der Waals surface area (Å²) < 4.78 is 0. The van der Waals surface area contributed by atoms with Crippen LogP contribution in [0.5, 0.6) is 0 Å². The summed E-state index contributed by atoms with van der Waals surface area (Å²) in [5, 5.41) is 8.30. The monoisotopic (exact) mass is 1640 g/mol. The van der Waals surface area contributed by atoms with E-state index in [-0.39, 0.29) is 137 Å². The first-order chi connectivity index (χ1) is 33.7. The molecule has 0 aliphatic rings. The number of rotatable bonds is 10. The van der Waals surface area contributed by atoms with E-state index in [0.717, 1.165) is 22.5 Å². The molecule has 0 radical (unpaired) electrons. The van der Waals surface area contributed by atoms with Gasteiger partial charge in [0.2, 0.25) is 0 Å². The van der Waals surface area contributed by atoms with Crippen LogP contribution in [0.15, 0.2) is 289 Å². The first kappa shape index (κ1) is 80.1. The molecule has 10 aromatic carbocycles. The molecule has 0 saturated heterocycles. The van der Waals surface area contributed by atoms with Crippen molar-refractivity contribution in [3.05, 3.63) is 290 Å². The van der Waals surface area contributed by atoms with Gasteiger partial charge in [0.1, 0.15) is 0 Å². The van der Waals surface area contributed by atoms with Crippen LogP contribution in [0, 0.1) is 0 Å². The van der Waals surface area contributed by atoms with E-state index in [9.17, 15) is 0 Å².